The molecule has 1 amide bonds. The molecule has 2 unspecified atom stereocenters. The van der Waals surface area contributed by atoms with Gasteiger partial charge in [-0.05, 0) is 71.8 Å². The van der Waals surface area contributed by atoms with Crippen LogP contribution in [0.4, 0.5) is 4.79 Å². The van der Waals surface area contributed by atoms with Gasteiger partial charge in [-0.25, -0.2) is 4.79 Å². The van der Waals surface area contributed by atoms with Gasteiger partial charge in [-0.3, -0.25) is 0 Å². The molecule has 4 heteroatoms. The maximum atomic E-state index is 12.1. The zero-order valence-corrected chi connectivity index (χ0v) is 14.2. The molecule has 0 bridgehead atoms. The van der Waals surface area contributed by atoms with E-state index < -0.39 is 5.60 Å². The normalized spacial score (nSPS) is 25.3. The van der Waals surface area contributed by atoms with Gasteiger partial charge in [-0.1, -0.05) is 6.42 Å². The molecule has 2 fully saturated rings. The number of nitrogens with one attached hydrogen (secondary N) is 1. The molecule has 1 N–H and O–H groups in total. The lowest BCUT2D eigenvalue weighted by Gasteiger charge is -2.36. The Bertz CT molecular complexity index is 347. The smallest absolute Gasteiger partial charge is 0.410 e. The molecule has 122 valence electrons. The summed E-state index contributed by atoms with van der Waals surface area (Å²) in [6.07, 6.45) is 6.30. The summed E-state index contributed by atoms with van der Waals surface area (Å²) in [6.45, 7) is 10.8. The van der Waals surface area contributed by atoms with E-state index in [9.17, 15) is 4.79 Å². The van der Waals surface area contributed by atoms with Gasteiger partial charge in [-0.15, -0.1) is 0 Å². The highest BCUT2D eigenvalue weighted by atomic mass is 16.6. The van der Waals surface area contributed by atoms with E-state index in [2.05, 4.69) is 12.2 Å². The number of likely N-dealkylation sites (tertiary alicyclic amines) is 1. The Kier molecular flexibility index (Phi) is 5.53. The first-order valence-corrected chi connectivity index (χ1v) is 8.56. The Morgan fingerprint density at radius 3 is 2.57 bits per heavy atom. The number of rotatable bonds is 4. The van der Waals surface area contributed by atoms with Gasteiger partial charge < -0.3 is 15.0 Å². The fraction of sp³-hybridized carbons (Fsp3) is 0.941. The molecule has 0 spiro atoms. The van der Waals surface area contributed by atoms with Crippen LogP contribution in [0, 0.1) is 11.8 Å². The molecule has 4 nitrogen and oxygen atoms in total. The molecule has 1 aliphatic carbocycles. The minimum absolute atomic E-state index is 0.153. The monoisotopic (exact) mass is 296 g/mol. The Hall–Kier alpha value is -0.770. The quantitative estimate of drug-likeness (QED) is 0.864. The minimum Gasteiger partial charge on any atom is -0.444 e. The molecule has 0 aromatic heterocycles. The molecule has 2 aliphatic rings. The SMILES string of the molecule is CC(NCC1CCCN(C(=O)OC(C)(C)C)C1)C1CCC1. The van der Waals surface area contributed by atoms with Crippen molar-refractivity contribution in [1.29, 1.82) is 0 Å². The summed E-state index contributed by atoms with van der Waals surface area (Å²) in [5.74, 6) is 1.43. The van der Waals surface area contributed by atoms with Crippen LogP contribution in [0.5, 0.6) is 0 Å². The highest BCUT2D eigenvalue weighted by Gasteiger charge is 2.29. The highest BCUT2D eigenvalue weighted by Crippen LogP contribution is 2.29. The van der Waals surface area contributed by atoms with Crippen LogP contribution in [0.15, 0.2) is 0 Å². The Labute approximate surface area is 129 Å². The summed E-state index contributed by atoms with van der Waals surface area (Å²) in [5, 5.41) is 3.68. The van der Waals surface area contributed by atoms with Crippen molar-refractivity contribution in [2.24, 2.45) is 11.8 Å². The summed E-state index contributed by atoms with van der Waals surface area (Å²) in [7, 11) is 0. The van der Waals surface area contributed by atoms with Gasteiger partial charge in [0.1, 0.15) is 5.60 Å². The van der Waals surface area contributed by atoms with Crippen molar-refractivity contribution in [2.45, 2.75) is 71.4 Å². The van der Waals surface area contributed by atoms with E-state index in [1.807, 2.05) is 25.7 Å². The molecule has 0 aromatic rings. The third kappa shape index (κ3) is 5.17. The third-order valence-electron chi connectivity index (χ3n) is 4.76. The largest absolute Gasteiger partial charge is 0.444 e. The van der Waals surface area contributed by atoms with Crippen molar-refractivity contribution >= 4 is 6.09 Å². The predicted molar refractivity (Wildman–Crippen MR) is 85.3 cm³/mol. The third-order valence-corrected chi connectivity index (χ3v) is 4.76. The number of nitrogens with zero attached hydrogens (tertiary/aromatic N) is 1. The molecule has 2 atom stereocenters. The zero-order chi connectivity index (χ0) is 15.5. The van der Waals surface area contributed by atoms with Crippen LogP contribution in [0.2, 0.25) is 0 Å². The van der Waals surface area contributed by atoms with Crippen LogP contribution in [0.25, 0.3) is 0 Å². The minimum atomic E-state index is -0.402. The van der Waals surface area contributed by atoms with Gasteiger partial charge in [-0.2, -0.15) is 0 Å². The number of carbonyl (C=O) groups is 1. The summed E-state index contributed by atoms with van der Waals surface area (Å²) < 4.78 is 5.48. The maximum Gasteiger partial charge on any atom is 0.410 e. The summed E-state index contributed by atoms with van der Waals surface area (Å²) >= 11 is 0. The summed E-state index contributed by atoms with van der Waals surface area (Å²) in [4.78, 5) is 14.0. The maximum absolute atomic E-state index is 12.1. The highest BCUT2D eigenvalue weighted by molar-refractivity contribution is 5.68. The van der Waals surface area contributed by atoms with E-state index in [-0.39, 0.29) is 6.09 Å². The number of amides is 1. The number of ether oxygens (including phenoxy) is 1. The van der Waals surface area contributed by atoms with Crippen LogP contribution < -0.4 is 5.32 Å². The Morgan fingerprint density at radius 2 is 2.00 bits per heavy atom. The lowest BCUT2D eigenvalue weighted by atomic mass is 9.80. The van der Waals surface area contributed by atoms with E-state index in [1.54, 1.807) is 0 Å². The molecule has 0 radical (unpaired) electrons. The average Bonchev–Trinajstić information content (AvgIpc) is 2.32. The molecule has 1 heterocycles. The van der Waals surface area contributed by atoms with E-state index in [0.717, 1.165) is 32.0 Å². The topological polar surface area (TPSA) is 41.6 Å². The van der Waals surface area contributed by atoms with Crippen molar-refractivity contribution in [3.8, 4) is 0 Å². The number of carbonyl (C=O) groups excluding carboxylic acids is 1. The van der Waals surface area contributed by atoms with E-state index >= 15 is 0 Å². The van der Waals surface area contributed by atoms with Crippen molar-refractivity contribution in [3.63, 3.8) is 0 Å². The van der Waals surface area contributed by atoms with Crippen LogP contribution in [-0.2, 0) is 4.74 Å². The first-order chi connectivity index (χ1) is 9.85. The fourth-order valence-corrected chi connectivity index (χ4v) is 3.18. The summed E-state index contributed by atoms with van der Waals surface area (Å²) in [5.41, 5.74) is -0.402. The van der Waals surface area contributed by atoms with Crippen molar-refractivity contribution < 1.29 is 9.53 Å². The van der Waals surface area contributed by atoms with Crippen LogP contribution in [-0.4, -0.2) is 42.3 Å². The van der Waals surface area contributed by atoms with Crippen LogP contribution in [0.1, 0.15) is 59.8 Å². The second-order valence-corrected chi connectivity index (χ2v) is 7.82. The molecule has 0 aromatic carbocycles. The van der Waals surface area contributed by atoms with Gasteiger partial charge in [0.2, 0.25) is 0 Å². The first-order valence-electron chi connectivity index (χ1n) is 8.56. The molecule has 21 heavy (non-hydrogen) atoms. The van der Waals surface area contributed by atoms with Gasteiger partial charge in [0, 0.05) is 19.1 Å². The number of hydrogen-bond acceptors (Lipinski definition) is 3. The standard InChI is InChI=1S/C17H32N2O2/c1-13(15-8-5-9-15)18-11-14-7-6-10-19(12-14)16(20)21-17(2,3)4/h13-15,18H,5-12H2,1-4H3. The van der Waals surface area contributed by atoms with Gasteiger partial charge >= 0.3 is 6.09 Å². The summed E-state index contributed by atoms with van der Waals surface area (Å²) in [6, 6.07) is 0.621. The fourth-order valence-electron chi connectivity index (χ4n) is 3.18. The van der Waals surface area contributed by atoms with E-state index in [1.165, 1.54) is 25.7 Å². The average molecular weight is 296 g/mol. The molecular weight excluding hydrogens is 264 g/mol. The lowest BCUT2D eigenvalue weighted by Crippen LogP contribution is -2.47. The second kappa shape index (κ2) is 6.99. The van der Waals surface area contributed by atoms with Gasteiger partial charge in [0.15, 0.2) is 0 Å². The molecule has 1 aliphatic heterocycles. The van der Waals surface area contributed by atoms with Crippen molar-refractivity contribution in [1.82, 2.24) is 10.2 Å². The molecule has 2 rings (SSSR count). The lowest BCUT2D eigenvalue weighted by molar-refractivity contribution is 0.0164. The van der Waals surface area contributed by atoms with E-state index in [4.69, 9.17) is 4.74 Å². The predicted octanol–water partition coefficient (Wildman–Crippen LogP) is 3.41. The Morgan fingerprint density at radius 1 is 1.29 bits per heavy atom. The first kappa shape index (κ1) is 16.6. The van der Waals surface area contributed by atoms with Crippen LogP contribution >= 0.6 is 0 Å². The Balaban J connectivity index is 1.73. The number of piperidine rings is 1. The zero-order valence-electron chi connectivity index (χ0n) is 14.2. The van der Waals surface area contributed by atoms with Crippen LogP contribution in [0.3, 0.4) is 0 Å². The van der Waals surface area contributed by atoms with Crippen molar-refractivity contribution in [2.75, 3.05) is 19.6 Å². The molecular formula is C17H32N2O2. The molecule has 1 saturated heterocycles. The van der Waals surface area contributed by atoms with E-state index in [0.29, 0.717) is 12.0 Å². The van der Waals surface area contributed by atoms with Gasteiger partial charge in [0.05, 0.1) is 0 Å². The number of hydrogen-bond donors (Lipinski definition) is 1. The second-order valence-electron chi connectivity index (χ2n) is 7.82. The molecule has 1 saturated carbocycles. The van der Waals surface area contributed by atoms with Crippen molar-refractivity contribution in [3.05, 3.63) is 0 Å². The van der Waals surface area contributed by atoms with Gasteiger partial charge in [0.25, 0.3) is 0 Å².